The maximum Gasteiger partial charge on any atom is 0.428 e. The largest absolute Gasteiger partial charge is 0.492 e. The van der Waals surface area contributed by atoms with Gasteiger partial charge in [-0.1, -0.05) is 6.07 Å². The zero-order valence-corrected chi connectivity index (χ0v) is 18.1. The minimum Gasteiger partial charge on any atom is -0.492 e. The summed E-state index contributed by atoms with van der Waals surface area (Å²) in [7, 11) is -3.10. The van der Waals surface area contributed by atoms with Gasteiger partial charge in [-0.15, -0.1) is 0 Å². The fourth-order valence-corrected chi connectivity index (χ4v) is 5.38. The van der Waals surface area contributed by atoms with Crippen molar-refractivity contribution in [2.75, 3.05) is 25.1 Å². The minimum atomic E-state index is -5.06. The first kappa shape index (κ1) is 22.5. The standard InChI is InChI=1S/C20H17FN2O9S/c1-30-19(24)17-14(5-4-12-13-7-10(13)9-32-18(12)17)22(20(25)31-2)33(28,29)16-6-3-11(21)8-15(16)23(26)27/h3-6,8,10,13H,7,9H2,1-2H3. The number of methoxy groups -OCH3 is 2. The summed E-state index contributed by atoms with van der Waals surface area (Å²) in [5.74, 6) is -1.58. The Kier molecular flexibility index (Phi) is 5.44. The Labute approximate surface area is 186 Å². The zero-order valence-electron chi connectivity index (χ0n) is 17.3. The number of anilines is 1. The van der Waals surface area contributed by atoms with E-state index in [9.17, 15) is 32.5 Å². The summed E-state index contributed by atoms with van der Waals surface area (Å²) >= 11 is 0. The lowest BCUT2D eigenvalue weighted by atomic mass is 10.00. The molecule has 0 saturated heterocycles. The molecule has 13 heteroatoms. The van der Waals surface area contributed by atoms with Crippen molar-refractivity contribution in [2.24, 2.45) is 5.92 Å². The summed E-state index contributed by atoms with van der Waals surface area (Å²) in [5.41, 5.74) is -1.27. The summed E-state index contributed by atoms with van der Waals surface area (Å²) in [6, 6.07) is 4.48. The number of nitro groups is 1. The van der Waals surface area contributed by atoms with Gasteiger partial charge < -0.3 is 14.2 Å². The molecule has 0 radical (unpaired) electrons. The van der Waals surface area contributed by atoms with E-state index < -0.39 is 49.1 Å². The highest BCUT2D eigenvalue weighted by Crippen LogP contribution is 2.56. The summed E-state index contributed by atoms with van der Waals surface area (Å²) < 4.78 is 55.8. The zero-order chi connectivity index (χ0) is 24.1. The molecule has 2 aromatic rings. The number of carbonyl (C=O) groups excluding carboxylic acids is 2. The van der Waals surface area contributed by atoms with Crippen LogP contribution in [-0.2, 0) is 19.5 Å². The Hall–Kier alpha value is -3.74. The number of amides is 1. The number of hydrogen-bond donors (Lipinski definition) is 0. The van der Waals surface area contributed by atoms with Crippen LogP contribution in [0.1, 0.15) is 28.3 Å². The van der Waals surface area contributed by atoms with E-state index in [-0.39, 0.29) is 27.5 Å². The van der Waals surface area contributed by atoms with E-state index in [0.29, 0.717) is 30.4 Å². The maximum atomic E-state index is 13.6. The van der Waals surface area contributed by atoms with Gasteiger partial charge in [0.25, 0.3) is 15.7 Å². The fraction of sp³-hybridized carbons (Fsp3) is 0.300. The van der Waals surface area contributed by atoms with Crippen LogP contribution in [0.2, 0.25) is 0 Å². The first-order valence-electron chi connectivity index (χ1n) is 9.57. The lowest BCUT2D eigenvalue weighted by Gasteiger charge is -2.26. The molecular formula is C20H17FN2O9S. The smallest absolute Gasteiger partial charge is 0.428 e. The van der Waals surface area contributed by atoms with E-state index in [1.165, 1.54) is 12.1 Å². The number of sulfonamides is 1. The Bertz CT molecular complexity index is 1290. The van der Waals surface area contributed by atoms with E-state index in [1.807, 2.05) is 0 Å². The van der Waals surface area contributed by atoms with Gasteiger partial charge in [-0.25, -0.2) is 22.4 Å². The lowest BCUT2D eigenvalue weighted by Crippen LogP contribution is -2.38. The molecule has 0 spiro atoms. The molecule has 2 aliphatic rings. The molecule has 0 N–H and O–H groups in total. The van der Waals surface area contributed by atoms with Crippen molar-refractivity contribution in [1.82, 2.24) is 0 Å². The van der Waals surface area contributed by atoms with Crippen LogP contribution in [-0.4, -0.2) is 46.2 Å². The average Bonchev–Trinajstić information content (AvgIpc) is 3.58. The van der Waals surface area contributed by atoms with Gasteiger partial charge in [0.05, 0.1) is 37.5 Å². The summed E-state index contributed by atoms with van der Waals surface area (Å²) in [5, 5.41) is 11.4. The SMILES string of the molecule is COC(=O)c1c(N(C(=O)OC)S(=O)(=O)c2ccc(F)cc2[N+](=O)[O-])ccc2c1OCC1CC21. The second-order valence-corrected chi connectivity index (χ2v) is 9.15. The molecule has 1 amide bonds. The van der Waals surface area contributed by atoms with Gasteiger partial charge in [0.1, 0.15) is 17.1 Å². The normalized spacial score (nSPS) is 18.3. The molecule has 0 bridgehead atoms. The van der Waals surface area contributed by atoms with Crippen LogP contribution in [0.5, 0.6) is 5.75 Å². The van der Waals surface area contributed by atoms with Crippen LogP contribution in [0.25, 0.3) is 0 Å². The topological polar surface area (TPSA) is 142 Å². The van der Waals surface area contributed by atoms with E-state index >= 15 is 0 Å². The van der Waals surface area contributed by atoms with E-state index in [1.54, 1.807) is 0 Å². The summed E-state index contributed by atoms with van der Waals surface area (Å²) in [6.07, 6.45) is -0.632. The lowest BCUT2D eigenvalue weighted by molar-refractivity contribution is -0.388. The van der Waals surface area contributed by atoms with Crippen molar-refractivity contribution >= 4 is 33.5 Å². The van der Waals surface area contributed by atoms with Crippen molar-refractivity contribution in [2.45, 2.75) is 17.2 Å². The molecule has 4 rings (SSSR count). The van der Waals surface area contributed by atoms with Gasteiger partial charge in [0.2, 0.25) is 0 Å². The Morgan fingerprint density at radius 2 is 1.94 bits per heavy atom. The third-order valence-corrected chi connectivity index (χ3v) is 7.24. The summed E-state index contributed by atoms with van der Waals surface area (Å²) in [4.78, 5) is 34.7. The van der Waals surface area contributed by atoms with Crippen LogP contribution in [0, 0.1) is 21.8 Å². The number of nitro benzene ring substituents is 1. The Morgan fingerprint density at radius 3 is 2.58 bits per heavy atom. The Balaban J connectivity index is 1.98. The average molecular weight is 480 g/mol. The highest BCUT2D eigenvalue weighted by atomic mass is 32.2. The molecule has 2 aromatic carbocycles. The first-order valence-corrected chi connectivity index (χ1v) is 11.0. The fourth-order valence-electron chi connectivity index (χ4n) is 3.87. The van der Waals surface area contributed by atoms with Gasteiger partial charge in [0, 0.05) is 5.92 Å². The van der Waals surface area contributed by atoms with Gasteiger partial charge in [-0.05, 0) is 36.1 Å². The van der Waals surface area contributed by atoms with E-state index in [2.05, 4.69) is 4.74 Å². The number of hydrogen-bond acceptors (Lipinski definition) is 9. The van der Waals surface area contributed by atoms with Crippen LogP contribution >= 0.6 is 0 Å². The summed E-state index contributed by atoms with van der Waals surface area (Å²) in [6.45, 7) is 0.291. The molecule has 33 heavy (non-hydrogen) atoms. The molecule has 1 fully saturated rings. The molecule has 174 valence electrons. The molecule has 1 saturated carbocycles. The molecular weight excluding hydrogens is 463 g/mol. The predicted octanol–water partition coefficient (Wildman–Crippen LogP) is 2.98. The molecule has 2 unspecified atom stereocenters. The van der Waals surface area contributed by atoms with Crippen molar-refractivity contribution in [1.29, 1.82) is 0 Å². The van der Waals surface area contributed by atoms with Crippen LogP contribution in [0.4, 0.5) is 20.6 Å². The highest BCUT2D eigenvalue weighted by molar-refractivity contribution is 7.93. The number of rotatable bonds is 5. The second kappa shape index (κ2) is 7.99. The molecule has 1 aliphatic carbocycles. The van der Waals surface area contributed by atoms with Crippen molar-refractivity contribution in [3.05, 3.63) is 57.4 Å². The third-order valence-electron chi connectivity index (χ3n) is 5.51. The number of carbonyl (C=O) groups is 2. The molecule has 0 aromatic heterocycles. The second-order valence-electron chi connectivity index (χ2n) is 7.39. The predicted molar refractivity (Wildman–Crippen MR) is 109 cm³/mol. The molecule has 1 aliphatic heterocycles. The maximum absolute atomic E-state index is 13.6. The molecule has 2 atom stereocenters. The highest BCUT2D eigenvalue weighted by Gasteiger charge is 2.47. The minimum absolute atomic E-state index is 0.0656. The van der Waals surface area contributed by atoms with Crippen molar-refractivity contribution in [3.8, 4) is 5.75 Å². The van der Waals surface area contributed by atoms with Crippen molar-refractivity contribution in [3.63, 3.8) is 0 Å². The van der Waals surface area contributed by atoms with Crippen LogP contribution in [0.3, 0.4) is 0 Å². The number of benzene rings is 2. The number of fused-ring (bicyclic) bond motifs is 3. The first-order chi connectivity index (χ1) is 15.6. The number of halogens is 1. The monoisotopic (exact) mass is 480 g/mol. The van der Waals surface area contributed by atoms with Gasteiger partial charge in [-0.2, -0.15) is 4.31 Å². The van der Waals surface area contributed by atoms with Gasteiger partial charge in [0.15, 0.2) is 4.90 Å². The van der Waals surface area contributed by atoms with Gasteiger partial charge >= 0.3 is 12.1 Å². The quantitative estimate of drug-likeness (QED) is 0.358. The Morgan fingerprint density at radius 1 is 1.21 bits per heavy atom. The van der Waals surface area contributed by atoms with E-state index in [4.69, 9.17) is 9.47 Å². The number of nitrogens with zero attached hydrogens (tertiary/aromatic N) is 2. The molecule has 11 nitrogen and oxygen atoms in total. The van der Waals surface area contributed by atoms with Crippen LogP contribution in [0.15, 0.2) is 35.2 Å². The van der Waals surface area contributed by atoms with Crippen LogP contribution < -0.4 is 9.04 Å². The van der Waals surface area contributed by atoms with Gasteiger partial charge in [-0.3, -0.25) is 10.1 Å². The van der Waals surface area contributed by atoms with E-state index in [0.717, 1.165) is 20.6 Å². The van der Waals surface area contributed by atoms with Crippen molar-refractivity contribution < 1.29 is 41.5 Å². The third kappa shape index (κ3) is 3.63. The molecule has 1 heterocycles. The number of ether oxygens (including phenoxy) is 3. The number of esters is 1.